The second-order valence-electron chi connectivity index (χ2n) is 4.43. The molecule has 2 rings (SSSR count). The summed E-state index contributed by atoms with van der Waals surface area (Å²) in [5, 5.41) is -0.201. The second kappa shape index (κ2) is 5.50. The van der Waals surface area contributed by atoms with Crippen LogP contribution in [0.25, 0.3) is 0 Å². The van der Waals surface area contributed by atoms with Gasteiger partial charge in [0, 0.05) is 32.2 Å². The number of ether oxygens (including phenoxy) is 1. The molecule has 2 heterocycles. The fourth-order valence-corrected chi connectivity index (χ4v) is 2.28. The Bertz CT molecular complexity index is 455. The minimum Gasteiger partial charge on any atom is -0.384 e. The molecule has 1 aromatic rings. The van der Waals surface area contributed by atoms with E-state index in [1.54, 1.807) is 12.0 Å². The molecule has 106 valence electrons. The van der Waals surface area contributed by atoms with Gasteiger partial charge in [-0.1, -0.05) is 11.6 Å². The lowest BCUT2D eigenvalue weighted by Crippen LogP contribution is -2.24. The van der Waals surface area contributed by atoms with Crippen molar-refractivity contribution in [2.45, 2.75) is 12.6 Å². The predicted octanol–water partition coefficient (Wildman–Crippen LogP) is 2.62. The number of anilines is 1. The SMILES string of the molecule is COCC1CCN(c2cc(Cl)nc(C(F)(F)F)n2)C1. The van der Waals surface area contributed by atoms with E-state index < -0.39 is 12.0 Å². The average Bonchev–Trinajstić information content (AvgIpc) is 2.76. The highest BCUT2D eigenvalue weighted by molar-refractivity contribution is 6.29. The van der Waals surface area contributed by atoms with Gasteiger partial charge in [0.25, 0.3) is 0 Å². The molecule has 0 radical (unpaired) electrons. The van der Waals surface area contributed by atoms with Gasteiger partial charge in [-0.3, -0.25) is 0 Å². The number of aromatic nitrogens is 2. The van der Waals surface area contributed by atoms with E-state index in [4.69, 9.17) is 16.3 Å². The van der Waals surface area contributed by atoms with Crippen LogP contribution in [-0.4, -0.2) is 36.8 Å². The number of alkyl halides is 3. The summed E-state index contributed by atoms with van der Waals surface area (Å²) in [6, 6.07) is 1.35. The Balaban J connectivity index is 2.19. The molecule has 4 nitrogen and oxygen atoms in total. The molecule has 0 spiro atoms. The summed E-state index contributed by atoms with van der Waals surface area (Å²) in [6.45, 7) is 1.83. The zero-order chi connectivity index (χ0) is 14.0. The molecular weight excluding hydrogens is 283 g/mol. The van der Waals surface area contributed by atoms with Gasteiger partial charge < -0.3 is 9.64 Å². The molecule has 0 bridgehead atoms. The highest BCUT2D eigenvalue weighted by Crippen LogP contribution is 2.30. The van der Waals surface area contributed by atoms with Gasteiger partial charge in [-0.2, -0.15) is 13.2 Å². The van der Waals surface area contributed by atoms with E-state index in [2.05, 4.69) is 9.97 Å². The normalized spacial score (nSPS) is 20.1. The predicted molar refractivity (Wildman–Crippen MR) is 64.2 cm³/mol. The van der Waals surface area contributed by atoms with Crippen LogP contribution >= 0.6 is 11.6 Å². The van der Waals surface area contributed by atoms with Crippen molar-refractivity contribution in [1.29, 1.82) is 0 Å². The van der Waals surface area contributed by atoms with E-state index in [9.17, 15) is 13.2 Å². The zero-order valence-electron chi connectivity index (χ0n) is 10.2. The first-order valence-electron chi connectivity index (χ1n) is 5.76. The van der Waals surface area contributed by atoms with Crippen LogP contribution < -0.4 is 4.90 Å². The van der Waals surface area contributed by atoms with Crippen molar-refractivity contribution in [1.82, 2.24) is 9.97 Å². The number of hydrogen-bond acceptors (Lipinski definition) is 4. The van der Waals surface area contributed by atoms with Gasteiger partial charge in [-0.05, 0) is 6.42 Å². The van der Waals surface area contributed by atoms with Gasteiger partial charge in [-0.25, -0.2) is 9.97 Å². The lowest BCUT2D eigenvalue weighted by Gasteiger charge is -2.18. The van der Waals surface area contributed by atoms with Crippen molar-refractivity contribution >= 4 is 17.4 Å². The Morgan fingerprint density at radius 3 is 2.84 bits per heavy atom. The van der Waals surface area contributed by atoms with Gasteiger partial charge in [0.1, 0.15) is 11.0 Å². The molecule has 0 aliphatic carbocycles. The largest absolute Gasteiger partial charge is 0.451 e. The van der Waals surface area contributed by atoms with Crippen molar-refractivity contribution < 1.29 is 17.9 Å². The van der Waals surface area contributed by atoms with Gasteiger partial charge in [0.15, 0.2) is 0 Å². The summed E-state index contributed by atoms with van der Waals surface area (Å²) in [7, 11) is 1.60. The number of rotatable bonds is 3. The number of methoxy groups -OCH3 is 1. The standard InChI is InChI=1S/C11H13ClF3N3O/c1-19-6-7-2-3-18(5-7)9-4-8(12)16-10(17-9)11(13,14)15/h4,7H,2-3,5-6H2,1H3. The van der Waals surface area contributed by atoms with Crippen LogP contribution in [-0.2, 0) is 10.9 Å². The van der Waals surface area contributed by atoms with Crippen molar-refractivity contribution in [2.75, 3.05) is 31.7 Å². The summed E-state index contributed by atoms with van der Waals surface area (Å²) in [6.07, 6.45) is -3.73. The zero-order valence-corrected chi connectivity index (χ0v) is 11.0. The van der Waals surface area contributed by atoms with Crippen molar-refractivity contribution in [2.24, 2.45) is 5.92 Å². The van der Waals surface area contributed by atoms with E-state index in [1.807, 2.05) is 0 Å². The third-order valence-electron chi connectivity index (χ3n) is 2.95. The molecule has 19 heavy (non-hydrogen) atoms. The topological polar surface area (TPSA) is 38.2 Å². The van der Waals surface area contributed by atoms with E-state index in [0.29, 0.717) is 25.6 Å². The van der Waals surface area contributed by atoms with E-state index >= 15 is 0 Å². The molecule has 0 aromatic carbocycles. The molecule has 1 aliphatic rings. The Morgan fingerprint density at radius 1 is 1.47 bits per heavy atom. The minimum absolute atomic E-state index is 0.201. The molecular formula is C11H13ClF3N3O. The summed E-state index contributed by atoms with van der Waals surface area (Å²) in [4.78, 5) is 8.53. The Kier molecular flexibility index (Phi) is 4.15. The number of halogens is 4. The molecule has 0 N–H and O–H groups in total. The Hall–Kier alpha value is -1.08. The quantitative estimate of drug-likeness (QED) is 0.804. The average molecular weight is 296 g/mol. The maximum Gasteiger partial charge on any atom is 0.451 e. The summed E-state index contributed by atoms with van der Waals surface area (Å²) in [5.41, 5.74) is 0. The molecule has 1 atom stereocenters. The van der Waals surface area contributed by atoms with Gasteiger partial charge in [0.2, 0.25) is 5.82 Å². The molecule has 8 heteroatoms. The first kappa shape index (κ1) is 14.3. The lowest BCUT2D eigenvalue weighted by molar-refractivity contribution is -0.144. The van der Waals surface area contributed by atoms with Crippen LogP contribution in [0.5, 0.6) is 0 Å². The maximum atomic E-state index is 12.6. The first-order valence-corrected chi connectivity index (χ1v) is 6.13. The molecule has 1 fully saturated rings. The number of nitrogens with zero attached hydrogens (tertiary/aromatic N) is 3. The van der Waals surface area contributed by atoms with Gasteiger partial charge in [-0.15, -0.1) is 0 Å². The van der Waals surface area contributed by atoms with E-state index in [0.717, 1.165) is 6.42 Å². The molecule has 1 aliphatic heterocycles. The van der Waals surface area contributed by atoms with Gasteiger partial charge in [0.05, 0.1) is 6.61 Å². The minimum atomic E-state index is -4.59. The van der Waals surface area contributed by atoms with Crippen molar-refractivity contribution in [3.05, 3.63) is 17.0 Å². The lowest BCUT2D eigenvalue weighted by atomic mass is 10.1. The fourth-order valence-electron chi connectivity index (χ4n) is 2.11. The number of hydrogen-bond donors (Lipinski definition) is 0. The second-order valence-corrected chi connectivity index (χ2v) is 4.81. The summed E-state index contributed by atoms with van der Waals surface area (Å²) in [5.74, 6) is -0.691. The van der Waals surface area contributed by atoms with Crippen LogP contribution in [0.15, 0.2) is 6.07 Å². The fraction of sp³-hybridized carbons (Fsp3) is 0.636. The molecule has 1 saturated heterocycles. The van der Waals surface area contributed by atoms with Crippen LogP contribution in [0.4, 0.5) is 19.0 Å². The molecule has 1 aromatic heterocycles. The highest BCUT2D eigenvalue weighted by Gasteiger charge is 2.36. The summed E-state index contributed by atoms with van der Waals surface area (Å²) < 4.78 is 42.9. The van der Waals surface area contributed by atoms with Crippen molar-refractivity contribution in [3.63, 3.8) is 0 Å². The molecule has 0 amide bonds. The Morgan fingerprint density at radius 2 is 2.21 bits per heavy atom. The van der Waals surface area contributed by atoms with E-state index in [-0.39, 0.29) is 11.0 Å². The Labute approximate surface area is 113 Å². The third-order valence-corrected chi connectivity index (χ3v) is 3.14. The van der Waals surface area contributed by atoms with Crippen LogP contribution in [0.1, 0.15) is 12.2 Å². The maximum absolute atomic E-state index is 12.6. The molecule has 0 saturated carbocycles. The highest BCUT2D eigenvalue weighted by atomic mass is 35.5. The van der Waals surface area contributed by atoms with Crippen molar-refractivity contribution in [3.8, 4) is 0 Å². The van der Waals surface area contributed by atoms with Crippen LogP contribution in [0.3, 0.4) is 0 Å². The van der Waals surface area contributed by atoms with Crippen LogP contribution in [0.2, 0.25) is 5.15 Å². The smallest absolute Gasteiger partial charge is 0.384 e. The van der Waals surface area contributed by atoms with Gasteiger partial charge >= 0.3 is 6.18 Å². The molecule has 1 unspecified atom stereocenters. The third kappa shape index (κ3) is 3.48. The monoisotopic (exact) mass is 295 g/mol. The van der Waals surface area contributed by atoms with E-state index in [1.165, 1.54) is 6.07 Å². The first-order chi connectivity index (χ1) is 8.90. The van der Waals surface area contributed by atoms with Crippen LogP contribution in [0, 0.1) is 5.92 Å². The summed E-state index contributed by atoms with van der Waals surface area (Å²) >= 11 is 5.63.